The van der Waals surface area contributed by atoms with Gasteiger partial charge in [-0.3, -0.25) is 19.2 Å². The Labute approximate surface area is 176 Å². The summed E-state index contributed by atoms with van der Waals surface area (Å²) in [6.45, 7) is 4.39. The van der Waals surface area contributed by atoms with E-state index < -0.39 is 60.5 Å². The first-order valence-corrected chi connectivity index (χ1v) is 10.1. The van der Waals surface area contributed by atoms with Crippen molar-refractivity contribution in [3.05, 3.63) is 0 Å². The van der Waals surface area contributed by atoms with Crippen molar-refractivity contribution in [2.45, 2.75) is 70.7 Å². The number of carbonyl (C=O) groups excluding carboxylic acids is 4. The molecule has 1 saturated heterocycles. The highest BCUT2D eigenvalue weighted by Gasteiger charge is 2.52. The lowest BCUT2D eigenvalue weighted by atomic mass is 9.91. The third-order valence-electron chi connectivity index (χ3n) is 3.77. The van der Waals surface area contributed by atoms with E-state index in [4.69, 9.17) is 23.7 Å². The molecule has 11 heteroatoms. The predicted molar refractivity (Wildman–Crippen MR) is 101 cm³/mol. The van der Waals surface area contributed by atoms with Crippen LogP contribution < -0.4 is 0 Å². The van der Waals surface area contributed by atoms with E-state index in [0.29, 0.717) is 4.43 Å². The van der Waals surface area contributed by atoms with Crippen LogP contribution in [0.15, 0.2) is 0 Å². The van der Waals surface area contributed by atoms with E-state index >= 15 is 0 Å². The molecule has 28 heavy (non-hydrogen) atoms. The summed E-state index contributed by atoms with van der Waals surface area (Å²) in [7, 11) is 0. The number of hydrogen-bond acceptors (Lipinski definition) is 10. The number of alkyl halides is 1. The summed E-state index contributed by atoms with van der Waals surface area (Å²) < 4.78 is 27.1. The van der Waals surface area contributed by atoms with Crippen LogP contribution in [0.4, 0.5) is 0 Å². The standard InChI is InChI=1S/C17H25IO10/c1-8(19)24-7-14-16(26-10(3)21)17(27-11(4)22)15(25-9(2)20)13(28-14)5-12(23)6-18/h12-17,23H,5-7H2,1-4H3/t12?,13-,14-,15+,16-,17-/m1/s1. The SMILES string of the molecule is CC(=O)OC[C@H]1O[C@H](CC(O)CI)[C@H](OC(C)=O)[C@@H](OC(C)=O)[C@@H]1OC(C)=O. The number of ether oxygens (including phenoxy) is 5. The fourth-order valence-electron chi connectivity index (χ4n) is 2.84. The van der Waals surface area contributed by atoms with Crippen LogP contribution in [0.5, 0.6) is 0 Å². The van der Waals surface area contributed by atoms with Crippen molar-refractivity contribution in [3.63, 3.8) is 0 Å². The summed E-state index contributed by atoms with van der Waals surface area (Å²) in [6.07, 6.45) is -6.12. The normalized spacial score (nSPS) is 28.0. The molecule has 0 aromatic heterocycles. The van der Waals surface area contributed by atoms with Crippen molar-refractivity contribution in [2.24, 2.45) is 0 Å². The van der Waals surface area contributed by atoms with E-state index in [9.17, 15) is 24.3 Å². The molecule has 1 unspecified atom stereocenters. The van der Waals surface area contributed by atoms with Crippen LogP contribution in [0.3, 0.4) is 0 Å². The van der Waals surface area contributed by atoms with Gasteiger partial charge in [0.1, 0.15) is 18.8 Å². The molecule has 0 amide bonds. The highest BCUT2D eigenvalue weighted by molar-refractivity contribution is 14.1. The summed E-state index contributed by atoms with van der Waals surface area (Å²) in [4.78, 5) is 46.1. The van der Waals surface area contributed by atoms with E-state index in [0.717, 1.165) is 13.8 Å². The topological polar surface area (TPSA) is 135 Å². The second-order valence-corrected chi connectivity index (χ2v) is 7.16. The molecule has 0 radical (unpaired) electrons. The van der Waals surface area contributed by atoms with Crippen molar-refractivity contribution in [3.8, 4) is 0 Å². The quantitative estimate of drug-likeness (QED) is 0.208. The van der Waals surface area contributed by atoms with Crippen molar-refractivity contribution in [1.29, 1.82) is 0 Å². The molecule has 1 N–H and O–H groups in total. The molecule has 1 aliphatic heterocycles. The molecule has 1 aliphatic rings. The molecular formula is C17H25IO10. The van der Waals surface area contributed by atoms with Gasteiger partial charge in [0.25, 0.3) is 0 Å². The fourth-order valence-corrected chi connectivity index (χ4v) is 3.20. The smallest absolute Gasteiger partial charge is 0.303 e. The first kappa shape index (κ1) is 24.6. The minimum atomic E-state index is -1.20. The fraction of sp³-hybridized carbons (Fsp3) is 0.765. The Kier molecular flexibility index (Phi) is 10.1. The Balaban J connectivity index is 3.28. The molecule has 0 saturated carbocycles. The summed E-state index contributed by atoms with van der Waals surface area (Å²) in [5, 5.41) is 10.0. The van der Waals surface area contributed by atoms with Gasteiger partial charge in [-0.1, -0.05) is 22.6 Å². The molecule has 1 rings (SSSR count). The maximum atomic E-state index is 11.7. The van der Waals surface area contributed by atoms with Crippen molar-refractivity contribution >= 4 is 46.5 Å². The molecule has 1 heterocycles. The van der Waals surface area contributed by atoms with Gasteiger partial charge in [0, 0.05) is 38.5 Å². The van der Waals surface area contributed by atoms with E-state index in [-0.39, 0.29) is 13.0 Å². The van der Waals surface area contributed by atoms with Gasteiger partial charge in [0.15, 0.2) is 18.3 Å². The van der Waals surface area contributed by atoms with Crippen LogP contribution in [0, 0.1) is 0 Å². The van der Waals surface area contributed by atoms with Crippen LogP contribution in [0.25, 0.3) is 0 Å². The number of esters is 4. The maximum Gasteiger partial charge on any atom is 0.303 e. The number of halogens is 1. The van der Waals surface area contributed by atoms with Gasteiger partial charge in [0.05, 0.1) is 6.10 Å². The summed E-state index contributed by atoms with van der Waals surface area (Å²) in [5.41, 5.74) is 0. The van der Waals surface area contributed by atoms with Gasteiger partial charge in [-0.2, -0.15) is 0 Å². The zero-order chi connectivity index (χ0) is 21.4. The zero-order valence-electron chi connectivity index (χ0n) is 16.1. The molecule has 10 nitrogen and oxygen atoms in total. The Morgan fingerprint density at radius 1 is 0.857 bits per heavy atom. The summed E-state index contributed by atoms with van der Waals surface area (Å²) >= 11 is 1.98. The van der Waals surface area contributed by atoms with Crippen LogP contribution in [-0.4, -0.2) is 76.6 Å². The lowest BCUT2D eigenvalue weighted by Gasteiger charge is -2.44. The van der Waals surface area contributed by atoms with E-state index in [2.05, 4.69) is 0 Å². The molecule has 1 fully saturated rings. The maximum absolute atomic E-state index is 11.7. The first-order chi connectivity index (χ1) is 13.0. The van der Waals surface area contributed by atoms with Gasteiger partial charge in [0.2, 0.25) is 0 Å². The summed E-state index contributed by atoms with van der Waals surface area (Å²) in [6, 6.07) is 0. The first-order valence-electron chi connectivity index (χ1n) is 8.59. The Hall–Kier alpha value is -1.47. The summed E-state index contributed by atoms with van der Waals surface area (Å²) in [5.74, 6) is -2.63. The number of aliphatic hydroxyl groups is 1. The molecule has 6 atom stereocenters. The Morgan fingerprint density at radius 3 is 1.75 bits per heavy atom. The van der Waals surface area contributed by atoms with Gasteiger partial charge in [-0.25, -0.2) is 0 Å². The minimum Gasteiger partial charge on any atom is -0.463 e. The molecular weight excluding hydrogens is 491 g/mol. The van der Waals surface area contributed by atoms with Crippen molar-refractivity contribution in [2.75, 3.05) is 11.0 Å². The van der Waals surface area contributed by atoms with Crippen molar-refractivity contribution < 1.29 is 48.0 Å². The number of carbonyl (C=O) groups is 4. The third-order valence-corrected chi connectivity index (χ3v) is 4.79. The molecule has 0 aromatic carbocycles. The highest BCUT2D eigenvalue weighted by Crippen LogP contribution is 2.31. The predicted octanol–water partition coefficient (Wildman–Crippen LogP) is 0.298. The number of rotatable bonds is 8. The second kappa shape index (κ2) is 11.5. The van der Waals surface area contributed by atoms with Crippen LogP contribution >= 0.6 is 22.6 Å². The molecule has 0 bridgehead atoms. The van der Waals surface area contributed by atoms with Gasteiger partial charge >= 0.3 is 23.9 Å². The number of aliphatic hydroxyl groups excluding tert-OH is 1. The molecule has 0 aliphatic carbocycles. The molecule has 160 valence electrons. The average molecular weight is 516 g/mol. The monoisotopic (exact) mass is 516 g/mol. The third kappa shape index (κ3) is 7.87. The van der Waals surface area contributed by atoms with Crippen LogP contribution in [0.1, 0.15) is 34.1 Å². The Morgan fingerprint density at radius 2 is 1.32 bits per heavy atom. The zero-order valence-corrected chi connectivity index (χ0v) is 18.2. The second-order valence-electron chi connectivity index (χ2n) is 6.28. The highest BCUT2D eigenvalue weighted by atomic mass is 127. The average Bonchev–Trinajstić information content (AvgIpc) is 2.57. The minimum absolute atomic E-state index is 0.0576. The lowest BCUT2D eigenvalue weighted by Crippen LogP contribution is -2.62. The largest absolute Gasteiger partial charge is 0.463 e. The Bertz CT molecular complexity index is 580. The van der Waals surface area contributed by atoms with Gasteiger partial charge in [-0.05, 0) is 0 Å². The molecule has 0 spiro atoms. The number of hydrogen-bond donors (Lipinski definition) is 1. The van der Waals surface area contributed by atoms with E-state index in [1.807, 2.05) is 22.6 Å². The van der Waals surface area contributed by atoms with Gasteiger partial charge in [-0.15, -0.1) is 0 Å². The van der Waals surface area contributed by atoms with Crippen molar-refractivity contribution in [1.82, 2.24) is 0 Å². The van der Waals surface area contributed by atoms with Gasteiger partial charge < -0.3 is 28.8 Å². The van der Waals surface area contributed by atoms with E-state index in [1.54, 1.807) is 0 Å². The lowest BCUT2D eigenvalue weighted by molar-refractivity contribution is -0.255. The van der Waals surface area contributed by atoms with Crippen LogP contribution in [-0.2, 0) is 42.9 Å². The van der Waals surface area contributed by atoms with Crippen LogP contribution in [0.2, 0.25) is 0 Å². The van der Waals surface area contributed by atoms with E-state index in [1.165, 1.54) is 13.8 Å². The molecule has 0 aromatic rings.